The van der Waals surface area contributed by atoms with Gasteiger partial charge in [-0.25, -0.2) is 13.9 Å². The summed E-state index contributed by atoms with van der Waals surface area (Å²) in [7, 11) is -4.24. The third kappa shape index (κ3) is 4.41. The van der Waals surface area contributed by atoms with Gasteiger partial charge in [0, 0.05) is 11.3 Å². The van der Waals surface area contributed by atoms with E-state index in [9.17, 15) is 26.4 Å². The summed E-state index contributed by atoms with van der Waals surface area (Å²) < 4.78 is 64.5. The number of alkyl halides is 3. The van der Waals surface area contributed by atoms with E-state index in [0.717, 1.165) is 6.07 Å². The standard InChI is InChI=1S/C14H10ClF3N2O4S/c15-11-7-9(14(16,17)18)3-6-12(11)25(23,24)20-10-4-1-8(2-5-10)13(21)19-22/h1-7,20,22H,(H,19,21). The first-order chi connectivity index (χ1) is 11.5. The fraction of sp³-hybridized carbons (Fsp3) is 0.0714. The molecule has 1 amide bonds. The monoisotopic (exact) mass is 394 g/mol. The van der Waals surface area contributed by atoms with E-state index in [-0.39, 0.29) is 11.3 Å². The predicted molar refractivity (Wildman–Crippen MR) is 83.0 cm³/mol. The molecule has 0 spiro atoms. The number of anilines is 1. The van der Waals surface area contributed by atoms with Gasteiger partial charge in [0.05, 0.1) is 10.6 Å². The average Bonchev–Trinajstić information content (AvgIpc) is 2.53. The van der Waals surface area contributed by atoms with Gasteiger partial charge in [0.1, 0.15) is 4.90 Å². The minimum absolute atomic E-state index is 0.0467. The maximum Gasteiger partial charge on any atom is 0.416 e. The maximum atomic E-state index is 12.6. The van der Waals surface area contributed by atoms with Crippen LogP contribution >= 0.6 is 11.6 Å². The second-order valence-electron chi connectivity index (χ2n) is 4.77. The predicted octanol–water partition coefficient (Wildman–Crippen LogP) is 3.28. The first-order valence-electron chi connectivity index (χ1n) is 6.48. The van der Waals surface area contributed by atoms with Crippen LogP contribution in [-0.2, 0) is 16.2 Å². The fourth-order valence-corrected chi connectivity index (χ4v) is 3.46. The molecule has 0 fully saturated rings. The van der Waals surface area contributed by atoms with Crippen LogP contribution in [-0.4, -0.2) is 19.5 Å². The molecule has 2 aromatic rings. The molecule has 0 atom stereocenters. The Morgan fingerprint density at radius 2 is 1.68 bits per heavy atom. The van der Waals surface area contributed by atoms with Crippen molar-refractivity contribution in [2.45, 2.75) is 11.1 Å². The molecule has 2 rings (SSSR count). The number of hydroxylamine groups is 1. The SMILES string of the molecule is O=C(NO)c1ccc(NS(=O)(=O)c2ccc(C(F)(F)F)cc2Cl)cc1. The van der Waals surface area contributed by atoms with Gasteiger partial charge in [-0.05, 0) is 42.5 Å². The molecule has 11 heteroatoms. The number of carbonyl (C=O) groups excluding carboxylic acids is 1. The van der Waals surface area contributed by atoms with E-state index < -0.39 is 37.6 Å². The second kappa shape index (κ2) is 6.90. The van der Waals surface area contributed by atoms with Crippen LogP contribution < -0.4 is 10.2 Å². The van der Waals surface area contributed by atoms with Crippen molar-refractivity contribution in [3.8, 4) is 0 Å². The molecule has 25 heavy (non-hydrogen) atoms. The van der Waals surface area contributed by atoms with E-state index in [1.165, 1.54) is 29.7 Å². The summed E-state index contributed by atoms with van der Waals surface area (Å²) in [6.07, 6.45) is -4.65. The lowest BCUT2D eigenvalue weighted by atomic mass is 10.2. The van der Waals surface area contributed by atoms with Gasteiger partial charge in [0.2, 0.25) is 0 Å². The van der Waals surface area contributed by atoms with Gasteiger partial charge in [-0.3, -0.25) is 14.7 Å². The molecule has 134 valence electrons. The Balaban J connectivity index is 2.29. The molecule has 0 radical (unpaired) electrons. The topological polar surface area (TPSA) is 95.5 Å². The van der Waals surface area contributed by atoms with Gasteiger partial charge in [0.25, 0.3) is 15.9 Å². The van der Waals surface area contributed by atoms with Crippen LogP contribution in [0.15, 0.2) is 47.4 Å². The van der Waals surface area contributed by atoms with Crippen LogP contribution in [0, 0.1) is 0 Å². The van der Waals surface area contributed by atoms with Crippen molar-refractivity contribution in [1.29, 1.82) is 0 Å². The summed E-state index contributed by atoms with van der Waals surface area (Å²) in [5, 5.41) is 7.91. The van der Waals surface area contributed by atoms with Crippen LogP contribution in [0.25, 0.3) is 0 Å². The third-order valence-electron chi connectivity index (χ3n) is 3.05. The van der Waals surface area contributed by atoms with E-state index in [0.29, 0.717) is 12.1 Å². The molecule has 3 N–H and O–H groups in total. The normalized spacial score (nSPS) is 11.9. The van der Waals surface area contributed by atoms with E-state index in [1.54, 1.807) is 0 Å². The molecular formula is C14H10ClF3N2O4S. The number of halogens is 4. The minimum Gasteiger partial charge on any atom is -0.288 e. The summed E-state index contributed by atoms with van der Waals surface area (Å²) in [4.78, 5) is 10.7. The first-order valence-corrected chi connectivity index (χ1v) is 8.35. The molecule has 0 aliphatic carbocycles. The van der Waals surface area contributed by atoms with Crippen molar-refractivity contribution in [2.75, 3.05) is 4.72 Å². The van der Waals surface area contributed by atoms with Gasteiger partial charge >= 0.3 is 6.18 Å². The van der Waals surface area contributed by atoms with Gasteiger partial charge in [-0.1, -0.05) is 11.6 Å². The van der Waals surface area contributed by atoms with Crippen molar-refractivity contribution in [3.63, 3.8) is 0 Å². The van der Waals surface area contributed by atoms with Crippen LogP contribution in [0.5, 0.6) is 0 Å². The number of sulfonamides is 1. The molecule has 0 saturated carbocycles. The Kier molecular flexibility index (Phi) is 5.26. The zero-order valence-electron chi connectivity index (χ0n) is 12.1. The van der Waals surface area contributed by atoms with E-state index >= 15 is 0 Å². The fourth-order valence-electron chi connectivity index (χ4n) is 1.86. The highest BCUT2D eigenvalue weighted by molar-refractivity contribution is 7.92. The van der Waals surface area contributed by atoms with Crippen LogP contribution in [0.4, 0.5) is 18.9 Å². The molecule has 0 aliphatic heterocycles. The number of amides is 1. The van der Waals surface area contributed by atoms with Crippen molar-refractivity contribution in [1.82, 2.24) is 5.48 Å². The third-order valence-corrected chi connectivity index (χ3v) is 4.91. The van der Waals surface area contributed by atoms with Gasteiger partial charge < -0.3 is 0 Å². The van der Waals surface area contributed by atoms with Crippen molar-refractivity contribution < 1.29 is 31.6 Å². The van der Waals surface area contributed by atoms with Gasteiger partial charge in [-0.2, -0.15) is 13.2 Å². The average molecular weight is 395 g/mol. The summed E-state index contributed by atoms with van der Waals surface area (Å²) in [5.41, 5.74) is 0.454. The lowest BCUT2D eigenvalue weighted by Crippen LogP contribution is -2.18. The van der Waals surface area contributed by atoms with Crippen LogP contribution in [0.1, 0.15) is 15.9 Å². The molecule has 0 aliphatic rings. The number of hydrogen-bond acceptors (Lipinski definition) is 4. The first kappa shape index (κ1) is 19.0. The van der Waals surface area contributed by atoms with Crippen molar-refractivity contribution in [3.05, 3.63) is 58.6 Å². The van der Waals surface area contributed by atoms with E-state index in [4.69, 9.17) is 16.8 Å². The molecule has 6 nitrogen and oxygen atoms in total. The Bertz CT molecular complexity index is 899. The number of rotatable bonds is 4. The Hall–Kier alpha value is -2.30. The zero-order chi connectivity index (χ0) is 18.8. The van der Waals surface area contributed by atoms with Gasteiger partial charge in [0.15, 0.2) is 0 Å². The van der Waals surface area contributed by atoms with E-state index in [2.05, 4.69) is 4.72 Å². The molecule has 0 bridgehead atoms. The maximum absolute atomic E-state index is 12.6. The highest BCUT2D eigenvalue weighted by atomic mass is 35.5. The summed E-state index contributed by atoms with van der Waals surface area (Å²) in [6.45, 7) is 0. The summed E-state index contributed by atoms with van der Waals surface area (Å²) in [6, 6.07) is 6.82. The molecular weight excluding hydrogens is 385 g/mol. The number of carbonyl (C=O) groups is 1. The highest BCUT2D eigenvalue weighted by Crippen LogP contribution is 2.33. The molecule has 0 heterocycles. The number of hydrogen-bond donors (Lipinski definition) is 3. The molecule has 0 unspecified atom stereocenters. The van der Waals surface area contributed by atoms with E-state index in [1.807, 2.05) is 0 Å². The highest BCUT2D eigenvalue weighted by Gasteiger charge is 2.32. The number of nitrogens with one attached hydrogen (secondary N) is 2. The quantitative estimate of drug-likeness (QED) is 0.547. The van der Waals surface area contributed by atoms with Crippen molar-refractivity contribution in [2.24, 2.45) is 0 Å². The molecule has 2 aromatic carbocycles. The Morgan fingerprint density at radius 1 is 1.08 bits per heavy atom. The number of benzene rings is 2. The smallest absolute Gasteiger partial charge is 0.288 e. The Morgan fingerprint density at radius 3 is 2.16 bits per heavy atom. The second-order valence-corrected chi connectivity index (χ2v) is 6.82. The zero-order valence-corrected chi connectivity index (χ0v) is 13.7. The van der Waals surface area contributed by atoms with Gasteiger partial charge in [-0.15, -0.1) is 0 Å². The summed E-state index contributed by atoms with van der Waals surface area (Å²) >= 11 is 5.67. The Labute approximate surface area is 145 Å². The molecule has 0 saturated heterocycles. The van der Waals surface area contributed by atoms with Crippen LogP contribution in [0.2, 0.25) is 5.02 Å². The molecule has 0 aromatic heterocycles. The minimum atomic E-state index is -4.65. The lowest BCUT2D eigenvalue weighted by Gasteiger charge is -2.12. The van der Waals surface area contributed by atoms with Crippen molar-refractivity contribution >= 4 is 33.2 Å². The summed E-state index contributed by atoms with van der Waals surface area (Å²) in [5.74, 6) is -0.791. The largest absolute Gasteiger partial charge is 0.416 e. The lowest BCUT2D eigenvalue weighted by molar-refractivity contribution is -0.137. The van der Waals surface area contributed by atoms with Crippen LogP contribution in [0.3, 0.4) is 0 Å².